The summed E-state index contributed by atoms with van der Waals surface area (Å²) in [6, 6.07) is 9.62. The van der Waals surface area contributed by atoms with Gasteiger partial charge in [0.2, 0.25) is 5.82 Å². The quantitative estimate of drug-likeness (QED) is 0.744. The number of aromatic nitrogens is 3. The van der Waals surface area contributed by atoms with Crippen LogP contribution in [0.15, 0.2) is 47.2 Å². The molecule has 0 amide bonds. The Balaban J connectivity index is 1.81. The van der Waals surface area contributed by atoms with Crippen LogP contribution in [0.1, 0.15) is 18.5 Å². The Morgan fingerprint density at radius 3 is 2.50 bits per heavy atom. The molecule has 24 heavy (non-hydrogen) atoms. The minimum absolute atomic E-state index is 0.00755. The SMILES string of the molecule is COc1cc(OC)cc(-c2noc(N[C@@H](C)c3cccnc3)n2)c1. The molecule has 0 bridgehead atoms. The van der Waals surface area contributed by atoms with E-state index in [2.05, 4.69) is 20.4 Å². The van der Waals surface area contributed by atoms with Crippen LogP contribution in [0.2, 0.25) is 0 Å². The highest BCUT2D eigenvalue weighted by Gasteiger charge is 2.14. The normalized spacial score (nSPS) is 11.8. The fourth-order valence-corrected chi connectivity index (χ4v) is 2.24. The third kappa shape index (κ3) is 3.45. The number of benzene rings is 1. The summed E-state index contributed by atoms with van der Waals surface area (Å²) in [5.41, 5.74) is 1.78. The van der Waals surface area contributed by atoms with Gasteiger partial charge >= 0.3 is 6.01 Å². The highest BCUT2D eigenvalue weighted by Crippen LogP contribution is 2.29. The van der Waals surface area contributed by atoms with Crippen molar-refractivity contribution in [3.8, 4) is 22.9 Å². The van der Waals surface area contributed by atoms with Crippen molar-refractivity contribution in [1.29, 1.82) is 0 Å². The number of nitrogens with one attached hydrogen (secondary N) is 1. The van der Waals surface area contributed by atoms with Crippen molar-refractivity contribution in [3.63, 3.8) is 0 Å². The van der Waals surface area contributed by atoms with Crippen molar-refractivity contribution >= 4 is 6.01 Å². The fourth-order valence-electron chi connectivity index (χ4n) is 2.24. The minimum Gasteiger partial charge on any atom is -0.497 e. The van der Waals surface area contributed by atoms with E-state index in [-0.39, 0.29) is 6.04 Å². The van der Waals surface area contributed by atoms with Gasteiger partial charge in [-0.15, -0.1) is 0 Å². The van der Waals surface area contributed by atoms with Crippen LogP contribution in [0, 0.1) is 0 Å². The maximum Gasteiger partial charge on any atom is 0.322 e. The van der Waals surface area contributed by atoms with E-state index in [4.69, 9.17) is 14.0 Å². The molecule has 0 spiro atoms. The van der Waals surface area contributed by atoms with Crippen molar-refractivity contribution in [2.24, 2.45) is 0 Å². The molecule has 2 aromatic heterocycles. The fraction of sp³-hybridized carbons (Fsp3) is 0.235. The second-order valence-electron chi connectivity index (χ2n) is 5.18. The molecule has 1 aromatic carbocycles. The maximum absolute atomic E-state index is 5.28. The Bertz CT molecular complexity index is 782. The van der Waals surface area contributed by atoms with Crippen LogP contribution in [0.4, 0.5) is 6.01 Å². The summed E-state index contributed by atoms with van der Waals surface area (Å²) in [4.78, 5) is 8.48. The van der Waals surface area contributed by atoms with Crippen LogP contribution in [0.5, 0.6) is 11.5 Å². The van der Waals surface area contributed by atoms with Crippen LogP contribution in [-0.2, 0) is 0 Å². The Morgan fingerprint density at radius 2 is 1.88 bits per heavy atom. The topological polar surface area (TPSA) is 82.3 Å². The minimum atomic E-state index is -0.00755. The van der Waals surface area contributed by atoms with E-state index in [1.165, 1.54) is 0 Å². The zero-order valence-corrected chi connectivity index (χ0v) is 13.7. The average Bonchev–Trinajstić information content (AvgIpc) is 3.10. The average molecular weight is 326 g/mol. The van der Waals surface area contributed by atoms with E-state index in [1.807, 2.05) is 31.2 Å². The Kier molecular flexibility index (Phi) is 4.60. The molecule has 0 aliphatic rings. The first kappa shape index (κ1) is 15.8. The maximum atomic E-state index is 5.28. The van der Waals surface area contributed by atoms with Gasteiger partial charge in [-0.3, -0.25) is 4.98 Å². The van der Waals surface area contributed by atoms with E-state index in [1.54, 1.807) is 32.7 Å². The number of ether oxygens (including phenoxy) is 2. The molecule has 7 heteroatoms. The van der Waals surface area contributed by atoms with Gasteiger partial charge in [0.05, 0.1) is 20.3 Å². The van der Waals surface area contributed by atoms with Gasteiger partial charge in [-0.2, -0.15) is 4.98 Å². The Labute approximate surface area is 139 Å². The molecule has 2 heterocycles. The molecule has 3 rings (SSSR count). The summed E-state index contributed by atoms with van der Waals surface area (Å²) in [6.07, 6.45) is 3.53. The summed E-state index contributed by atoms with van der Waals surface area (Å²) in [5, 5.41) is 7.17. The molecule has 1 N–H and O–H groups in total. The van der Waals surface area contributed by atoms with Crippen LogP contribution < -0.4 is 14.8 Å². The zero-order valence-electron chi connectivity index (χ0n) is 13.7. The summed E-state index contributed by atoms with van der Waals surface area (Å²) in [5.74, 6) is 1.77. The van der Waals surface area contributed by atoms with Gasteiger partial charge in [-0.25, -0.2) is 0 Å². The van der Waals surface area contributed by atoms with Crippen LogP contribution >= 0.6 is 0 Å². The molecule has 0 aliphatic carbocycles. The number of methoxy groups -OCH3 is 2. The third-order valence-electron chi connectivity index (χ3n) is 3.56. The molecule has 1 atom stereocenters. The number of anilines is 1. The molecule has 0 saturated heterocycles. The van der Waals surface area contributed by atoms with Gasteiger partial charge < -0.3 is 19.3 Å². The van der Waals surface area contributed by atoms with E-state index in [9.17, 15) is 0 Å². The van der Waals surface area contributed by atoms with E-state index in [0.29, 0.717) is 23.3 Å². The molecule has 0 saturated carbocycles. The lowest BCUT2D eigenvalue weighted by atomic mass is 10.1. The smallest absolute Gasteiger partial charge is 0.322 e. The second kappa shape index (κ2) is 6.99. The Morgan fingerprint density at radius 1 is 1.12 bits per heavy atom. The second-order valence-corrected chi connectivity index (χ2v) is 5.18. The largest absolute Gasteiger partial charge is 0.497 e. The van der Waals surface area contributed by atoms with E-state index >= 15 is 0 Å². The van der Waals surface area contributed by atoms with Gasteiger partial charge in [0.1, 0.15) is 11.5 Å². The lowest BCUT2D eigenvalue weighted by Crippen LogP contribution is -2.06. The van der Waals surface area contributed by atoms with Crippen molar-refractivity contribution in [2.75, 3.05) is 19.5 Å². The third-order valence-corrected chi connectivity index (χ3v) is 3.56. The predicted molar refractivity (Wildman–Crippen MR) is 89.1 cm³/mol. The molecule has 0 radical (unpaired) electrons. The first-order chi connectivity index (χ1) is 11.7. The summed E-state index contributed by atoms with van der Waals surface area (Å²) in [6.45, 7) is 2.00. The van der Waals surface area contributed by atoms with Gasteiger partial charge in [0, 0.05) is 24.0 Å². The van der Waals surface area contributed by atoms with Crippen LogP contribution in [0.25, 0.3) is 11.4 Å². The number of nitrogens with zero attached hydrogens (tertiary/aromatic N) is 3. The molecular weight excluding hydrogens is 308 g/mol. The summed E-state index contributed by atoms with van der Waals surface area (Å²) in [7, 11) is 3.19. The van der Waals surface area contributed by atoms with Crippen LogP contribution in [-0.4, -0.2) is 29.3 Å². The van der Waals surface area contributed by atoms with Crippen molar-refractivity contribution < 1.29 is 14.0 Å². The lowest BCUT2D eigenvalue weighted by Gasteiger charge is -2.10. The predicted octanol–water partition coefficient (Wildman–Crippen LogP) is 3.32. The lowest BCUT2D eigenvalue weighted by molar-refractivity contribution is 0.394. The molecule has 3 aromatic rings. The highest BCUT2D eigenvalue weighted by atomic mass is 16.5. The molecule has 0 unspecified atom stereocenters. The summed E-state index contributed by atoms with van der Waals surface area (Å²) < 4.78 is 15.8. The van der Waals surface area contributed by atoms with E-state index < -0.39 is 0 Å². The molecule has 0 fully saturated rings. The number of hydrogen-bond donors (Lipinski definition) is 1. The zero-order chi connectivity index (χ0) is 16.9. The molecule has 124 valence electrons. The number of pyridine rings is 1. The van der Waals surface area contributed by atoms with Crippen molar-refractivity contribution in [2.45, 2.75) is 13.0 Å². The van der Waals surface area contributed by atoms with E-state index in [0.717, 1.165) is 11.1 Å². The highest BCUT2D eigenvalue weighted by molar-refractivity contribution is 5.61. The number of rotatable bonds is 6. The standard InChI is InChI=1S/C17H18N4O3/c1-11(12-5-4-6-18-10-12)19-17-20-16(21-24-17)13-7-14(22-2)9-15(8-13)23-3/h4-11H,1-3H3,(H,19,20,21)/t11-/m0/s1. The first-order valence-corrected chi connectivity index (χ1v) is 7.43. The number of hydrogen-bond acceptors (Lipinski definition) is 7. The molecule has 7 nitrogen and oxygen atoms in total. The van der Waals surface area contributed by atoms with Crippen molar-refractivity contribution in [3.05, 3.63) is 48.3 Å². The molecule has 0 aliphatic heterocycles. The monoisotopic (exact) mass is 326 g/mol. The first-order valence-electron chi connectivity index (χ1n) is 7.43. The van der Waals surface area contributed by atoms with Gasteiger partial charge in [-0.05, 0) is 30.7 Å². The van der Waals surface area contributed by atoms with Crippen molar-refractivity contribution in [1.82, 2.24) is 15.1 Å². The van der Waals surface area contributed by atoms with Gasteiger partial charge in [0.25, 0.3) is 0 Å². The summed E-state index contributed by atoms with van der Waals surface area (Å²) >= 11 is 0. The van der Waals surface area contributed by atoms with Crippen LogP contribution in [0.3, 0.4) is 0 Å². The Hall–Kier alpha value is -3.09. The molecular formula is C17H18N4O3. The van der Waals surface area contributed by atoms with Gasteiger partial charge in [0.15, 0.2) is 0 Å². The van der Waals surface area contributed by atoms with Gasteiger partial charge in [-0.1, -0.05) is 11.2 Å².